The van der Waals surface area contributed by atoms with Crippen LogP contribution in [0, 0.1) is 5.92 Å². The van der Waals surface area contributed by atoms with Crippen molar-refractivity contribution in [3.63, 3.8) is 0 Å². The van der Waals surface area contributed by atoms with E-state index in [4.69, 9.17) is 4.74 Å². The summed E-state index contributed by atoms with van der Waals surface area (Å²) in [6.07, 6.45) is 20.5. The summed E-state index contributed by atoms with van der Waals surface area (Å²) in [5, 5.41) is 4.20. The highest BCUT2D eigenvalue weighted by Crippen LogP contribution is 2.28. The van der Waals surface area contributed by atoms with Gasteiger partial charge in [0.2, 0.25) is 0 Å². The molecule has 2 aliphatic rings. The molecule has 0 atom stereocenters. The maximum atomic E-state index is 5.63. The highest BCUT2D eigenvalue weighted by molar-refractivity contribution is 5.04. The second kappa shape index (κ2) is 8.23. The van der Waals surface area contributed by atoms with Crippen molar-refractivity contribution in [3.8, 4) is 0 Å². The lowest BCUT2D eigenvalue weighted by Crippen LogP contribution is -2.10. The predicted molar refractivity (Wildman–Crippen MR) is 74.7 cm³/mol. The molecule has 1 saturated carbocycles. The second-order valence-electron chi connectivity index (χ2n) is 5.54. The zero-order valence-electron chi connectivity index (χ0n) is 11.4. The van der Waals surface area contributed by atoms with E-state index in [0.717, 1.165) is 5.76 Å². The van der Waals surface area contributed by atoms with Gasteiger partial charge in [-0.05, 0) is 12.8 Å². The van der Waals surface area contributed by atoms with E-state index < -0.39 is 0 Å². The molecule has 101 valence electrons. The van der Waals surface area contributed by atoms with Gasteiger partial charge < -0.3 is 4.74 Å². The van der Waals surface area contributed by atoms with Crippen molar-refractivity contribution in [1.82, 2.24) is 5.32 Å². The van der Waals surface area contributed by atoms with Gasteiger partial charge in [-0.25, -0.2) is 0 Å². The summed E-state index contributed by atoms with van der Waals surface area (Å²) in [4.78, 5) is 0. The number of allylic oxidation sites excluding steroid dienone is 1. The maximum Gasteiger partial charge on any atom is 0.124 e. The van der Waals surface area contributed by atoms with Crippen molar-refractivity contribution >= 4 is 0 Å². The van der Waals surface area contributed by atoms with Gasteiger partial charge in [-0.3, -0.25) is 5.32 Å². The average Bonchev–Trinajstić information content (AvgIpc) is 2.40. The van der Waals surface area contributed by atoms with Crippen molar-refractivity contribution < 1.29 is 4.74 Å². The normalized spacial score (nSPS) is 24.1. The molecule has 0 aromatic rings. The van der Waals surface area contributed by atoms with Crippen LogP contribution < -0.4 is 5.32 Å². The lowest BCUT2D eigenvalue weighted by Gasteiger charge is -2.21. The minimum Gasteiger partial charge on any atom is -0.466 e. The Balaban J connectivity index is 1.82. The van der Waals surface area contributed by atoms with Crippen molar-refractivity contribution in [2.45, 2.75) is 70.6 Å². The Morgan fingerprint density at radius 2 is 1.39 bits per heavy atom. The molecule has 2 nitrogen and oxygen atoms in total. The Kier molecular flexibility index (Phi) is 6.18. The van der Waals surface area contributed by atoms with Crippen LogP contribution in [0.4, 0.5) is 0 Å². The highest BCUT2D eigenvalue weighted by atomic mass is 16.5. The van der Waals surface area contributed by atoms with Gasteiger partial charge in [0.25, 0.3) is 0 Å². The molecule has 2 heteroatoms. The second-order valence-corrected chi connectivity index (χ2v) is 5.54. The summed E-state index contributed by atoms with van der Waals surface area (Å²) >= 11 is 0. The minimum absolute atomic E-state index is 0.595. The fraction of sp³-hybridized carbons (Fsp3) is 0.750. The summed E-state index contributed by atoms with van der Waals surface area (Å²) < 4.78 is 5.63. The molecular formula is C16H26NO. The molecule has 18 heavy (non-hydrogen) atoms. The van der Waals surface area contributed by atoms with E-state index >= 15 is 0 Å². The van der Waals surface area contributed by atoms with Crippen LogP contribution in [0.2, 0.25) is 0 Å². The van der Waals surface area contributed by atoms with E-state index in [0.29, 0.717) is 5.92 Å². The first-order valence-electron chi connectivity index (χ1n) is 7.68. The Bertz CT molecular complexity index is 271. The van der Waals surface area contributed by atoms with E-state index in [9.17, 15) is 0 Å². The zero-order chi connectivity index (χ0) is 12.5. The van der Waals surface area contributed by atoms with Crippen LogP contribution in [0.15, 0.2) is 24.4 Å². The van der Waals surface area contributed by atoms with E-state index in [1.54, 1.807) is 12.5 Å². The quantitative estimate of drug-likeness (QED) is 0.650. The molecule has 0 amide bonds. The molecule has 1 aliphatic heterocycles. The van der Waals surface area contributed by atoms with Gasteiger partial charge in [0.1, 0.15) is 12.0 Å². The van der Waals surface area contributed by atoms with Gasteiger partial charge in [-0.15, -0.1) is 0 Å². The molecule has 0 bridgehead atoms. The van der Waals surface area contributed by atoms with E-state index in [-0.39, 0.29) is 0 Å². The van der Waals surface area contributed by atoms with Crippen LogP contribution in [0.1, 0.15) is 70.6 Å². The zero-order valence-corrected chi connectivity index (χ0v) is 11.4. The molecule has 0 N–H and O–H groups in total. The molecule has 0 unspecified atom stereocenters. The van der Waals surface area contributed by atoms with Gasteiger partial charge >= 0.3 is 0 Å². The average molecular weight is 248 g/mol. The summed E-state index contributed by atoms with van der Waals surface area (Å²) in [6, 6.07) is 0. The van der Waals surface area contributed by atoms with E-state index in [2.05, 4.69) is 5.32 Å². The van der Waals surface area contributed by atoms with Crippen LogP contribution in [0.5, 0.6) is 0 Å². The van der Waals surface area contributed by atoms with E-state index in [1.165, 1.54) is 70.6 Å². The van der Waals surface area contributed by atoms with E-state index in [1.807, 2.05) is 6.20 Å². The van der Waals surface area contributed by atoms with Crippen molar-refractivity contribution in [2.75, 3.05) is 0 Å². The molecule has 1 aliphatic carbocycles. The SMILES string of the molecule is C1=COC(C2CCCCCCCCCCC2)=C[N]1. The molecule has 0 aromatic carbocycles. The predicted octanol–water partition coefficient (Wildman–Crippen LogP) is 4.85. The van der Waals surface area contributed by atoms with Crippen molar-refractivity contribution in [3.05, 3.63) is 24.4 Å². The van der Waals surface area contributed by atoms with Crippen LogP contribution in [-0.4, -0.2) is 0 Å². The van der Waals surface area contributed by atoms with Crippen LogP contribution in [0.25, 0.3) is 0 Å². The van der Waals surface area contributed by atoms with Gasteiger partial charge in [0.15, 0.2) is 0 Å². The van der Waals surface area contributed by atoms with Gasteiger partial charge in [-0.1, -0.05) is 57.8 Å². The van der Waals surface area contributed by atoms with Crippen LogP contribution >= 0.6 is 0 Å². The molecular weight excluding hydrogens is 222 g/mol. The molecule has 1 fully saturated rings. The number of nitrogens with zero attached hydrogens (tertiary/aromatic N) is 1. The van der Waals surface area contributed by atoms with Gasteiger partial charge in [-0.2, -0.15) is 0 Å². The fourth-order valence-electron chi connectivity index (χ4n) is 2.94. The molecule has 2 rings (SSSR count). The Hall–Kier alpha value is -0.920. The lowest BCUT2D eigenvalue weighted by molar-refractivity contribution is 0.254. The Labute approximate surface area is 111 Å². The molecule has 0 aromatic heterocycles. The first kappa shape index (κ1) is 13.5. The largest absolute Gasteiger partial charge is 0.466 e. The third-order valence-corrected chi connectivity index (χ3v) is 4.06. The first-order chi connectivity index (χ1) is 8.97. The first-order valence-corrected chi connectivity index (χ1v) is 7.68. The molecule has 1 heterocycles. The highest BCUT2D eigenvalue weighted by Gasteiger charge is 2.17. The summed E-state index contributed by atoms with van der Waals surface area (Å²) in [6.45, 7) is 0. The summed E-state index contributed by atoms with van der Waals surface area (Å²) in [7, 11) is 0. The maximum absolute atomic E-state index is 5.63. The Morgan fingerprint density at radius 1 is 0.833 bits per heavy atom. The standard InChI is InChI=1S/C16H26NO/c1-2-4-6-8-10-15(11-9-7-5-3-1)16-14-17-12-13-18-16/h12-15H,1-11H2. The van der Waals surface area contributed by atoms with Crippen LogP contribution in [0.3, 0.4) is 0 Å². The fourth-order valence-corrected chi connectivity index (χ4v) is 2.94. The monoisotopic (exact) mass is 248 g/mol. The third-order valence-electron chi connectivity index (χ3n) is 4.06. The van der Waals surface area contributed by atoms with Crippen LogP contribution in [-0.2, 0) is 4.74 Å². The number of hydrogen-bond acceptors (Lipinski definition) is 1. The van der Waals surface area contributed by atoms with Gasteiger partial charge in [0, 0.05) is 5.92 Å². The molecule has 0 saturated heterocycles. The minimum atomic E-state index is 0.595. The third kappa shape index (κ3) is 4.75. The molecule has 0 spiro atoms. The number of hydrogen-bond donors (Lipinski definition) is 0. The van der Waals surface area contributed by atoms with Crippen molar-refractivity contribution in [2.24, 2.45) is 5.92 Å². The Morgan fingerprint density at radius 3 is 1.89 bits per heavy atom. The smallest absolute Gasteiger partial charge is 0.124 e. The number of rotatable bonds is 1. The van der Waals surface area contributed by atoms with Crippen molar-refractivity contribution in [1.29, 1.82) is 0 Å². The van der Waals surface area contributed by atoms with Gasteiger partial charge in [0.05, 0.1) is 12.4 Å². The lowest BCUT2D eigenvalue weighted by atomic mass is 9.91. The topological polar surface area (TPSA) is 23.3 Å². The summed E-state index contributed by atoms with van der Waals surface area (Å²) in [5.41, 5.74) is 0. The summed E-state index contributed by atoms with van der Waals surface area (Å²) in [5.74, 6) is 1.69. The molecule has 1 radical (unpaired) electrons. The number of ether oxygens (including phenoxy) is 1.